The van der Waals surface area contributed by atoms with Crippen molar-refractivity contribution >= 4 is 23.8 Å². The maximum absolute atomic E-state index is 12.2. The lowest BCUT2D eigenvalue weighted by Crippen LogP contribution is -2.59. The van der Waals surface area contributed by atoms with Crippen LogP contribution in [0.4, 0.5) is 13.2 Å². The highest BCUT2D eigenvalue weighted by atomic mass is 19.4. The molecule has 0 unspecified atom stereocenters. The number of methoxy groups -OCH3 is 1. The van der Waals surface area contributed by atoms with Crippen LogP contribution in [0.2, 0.25) is 0 Å². The first-order valence-electron chi connectivity index (χ1n) is 9.31. The van der Waals surface area contributed by atoms with Crippen molar-refractivity contribution in [3.8, 4) is 0 Å². The molecule has 0 aromatic heterocycles. The molecule has 7 N–H and O–H groups in total. The summed E-state index contributed by atoms with van der Waals surface area (Å²) in [7, 11) is 1.10. The maximum Gasteiger partial charge on any atom is 0.490 e. The second kappa shape index (κ2) is 14.0. The zero-order valence-electron chi connectivity index (χ0n) is 17.7. The molecule has 0 saturated heterocycles. The van der Waals surface area contributed by atoms with Crippen LogP contribution in [0.25, 0.3) is 0 Å². The number of aliphatic hydroxyl groups excluding tert-OH is 2. The third-order valence-electron chi connectivity index (χ3n) is 3.93. The first-order valence-corrected chi connectivity index (χ1v) is 9.31. The van der Waals surface area contributed by atoms with Gasteiger partial charge >= 0.3 is 18.1 Å². The zero-order chi connectivity index (χ0) is 25.8. The molecular formula is C19H26F3N3O8. The van der Waals surface area contributed by atoms with E-state index in [1.807, 2.05) is 30.3 Å². The lowest BCUT2D eigenvalue weighted by Gasteiger charge is -2.24. The molecule has 0 aliphatic rings. The third-order valence-corrected chi connectivity index (χ3v) is 3.93. The van der Waals surface area contributed by atoms with E-state index in [0.29, 0.717) is 0 Å². The molecule has 0 saturated carbocycles. The summed E-state index contributed by atoms with van der Waals surface area (Å²) in [6, 6.07) is 5.51. The first kappa shape index (κ1) is 29.8. The van der Waals surface area contributed by atoms with Crippen LogP contribution in [-0.2, 0) is 30.3 Å². The largest absolute Gasteiger partial charge is 0.490 e. The van der Waals surface area contributed by atoms with Gasteiger partial charge in [-0.05, 0) is 18.9 Å². The number of hydrogen-bond acceptors (Lipinski definition) is 8. The number of amides is 2. The number of carboxylic acids is 1. The minimum absolute atomic E-state index is 0.252. The second-order valence-corrected chi connectivity index (χ2v) is 6.59. The summed E-state index contributed by atoms with van der Waals surface area (Å²) in [6.07, 6.45) is -6.08. The molecule has 33 heavy (non-hydrogen) atoms. The predicted octanol–water partition coefficient (Wildman–Crippen LogP) is -1.29. The normalized spacial score (nSPS) is 14.4. The van der Waals surface area contributed by atoms with E-state index in [1.165, 1.54) is 6.92 Å². The molecule has 4 atom stereocenters. The topological polar surface area (TPSA) is 188 Å². The fraction of sp³-hybridized carbons (Fsp3) is 0.474. The van der Waals surface area contributed by atoms with Crippen LogP contribution < -0.4 is 16.4 Å². The van der Waals surface area contributed by atoms with E-state index in [1.54, 1.807) is 0 Å². The SMILES string of the molecule is COC(=O)[C@H](CO)NC(=O)[C@@H](NC(=O)[C@@H](N)Cc1ccccc1)[C@@H](C)O.O=C(O)C(F)(F)F. The van der Waals surface area contributed by atoms with Gasteiger partial charge in [-0.1, -0.05) is 30.3 Å². The number of benzene rings is 1. The van der Waals surface area contributed by atoms with Crippen molar-refractivity contribution in [2.75, 3.05) is 13.7 Å². The van der Waals surface area contributed by atoms with Crippen LogP contribution in [0.3, 0.4) is 0 Å². The Labute approximate surface area is 186 Å². The molecule has 1 rings (SSSR count). The summed E-state index contributed by atoms with van der Waals surface area (Å²) in [5, 5.41) is 30.6. The van der Waals surface area contributed by atoms with Gasteiger partial charge in [-0.3, -0.25) is 9.59 Å². The second-order valence-electron chi connectivity index (χ2n) is 6.59. The number of nitrogens with two attached hydrogens (primary N) is 1. The minimum Gasteiger partial charge on any atom is -0.475 e. The summed E-state index contributed by atoms with van der Waals surface area (Å²) >= 11 is 0. The van der Waals surface area contributed by atoms with Gasteiger partial charge < -0.3 is 36.4 Å². The molecule has 0 radical (unpaired) electrons. The summed E-state index contributed by atoms with van der Waals surface area (Å²) in [4.78, 5) is 44.8. The smallest absolute Gasteiger partial charge is 0.475 e. The Morgan fingerprint density at radius 2 is 1.61 bits per heavy atom. The Bertz CT molecular complexity index is 790. The standard InChI is InChI=1S/C17H25N3O6.C2HF3O2/c1-10(22)14(16(24)19-13(9-21)17(25)26-2)20-15(23)12(18)8-11-6-4-3-5-7-11;3-2(4,5)1(6)7/h3-7,10,12-14,21-22H,8-9,18H2,1-2H3,(H,19,24)(H,20,23);(H,6,7)/t10-,12+,13+,14+;/m1./s1. The molecule has 0 spiro atoms. The number of carboxylic acid groups (broad SMARTS) is 1. The minimum atomic E-state index is -5.08. The average molecular weight is 481 g/mol. The molecule has 11 nitrogen and oxygen atoms in total. The lowest BCUT2D eigenvalue weighted by atomic mass is 10.0. The predicted molar refractivity (Wildman–Crippen MR) is 106 cm³/mol. The number of halogens is 3. The number of nitrogens with one attached hydrogen (secondary N) is 2. The van der Waals surface area contributed by atoms with E-state index in [4.69, 9.17) is 20.7 Å². The number of rotatable bonds is 9. The van der Waals surface area contributed by atoms with Crippen molar-refractivity contribution in [1.29, 1.82) is 0 Å². The molecule has 0 bridgehead atoms. The molecule has 2 amide bonds. The fourth-order valence-corrected chi connectivity index (χ4v) is 2.21. The number of carbonyl (C=O) groups excluding carboxylic acids is 3. The molecule has 0 fully saturated rings. The van der Waals surface area contributed by atoms with Crippen molar-refractivity contribution in [3.63, 3.8) is 0 Å². The van der Waals surface area contributed by atoms with Gasteiger partial charge in [-0.15, -0.1) is 0 Å². The van der Waals surface area contributed by atoms with E-state index >= 15 is 0 Å². The first-order chi connectivity index (χ1) is 15.2. The highest BCUT2D eigenvalue weighted by molar-refractivity contribution is 5.92. The van der Waals surface area contributed by atoms with E-state index in [9.17, 15) is 32.7 Å². The van der Waals surface area contributed by atoms with E-state index in [-0.39, 0.29) is 6.42 Å². The Kier molecular flexibility index (Phi) is 12.7. The summed E-state index contributed by atoms with van der Waals surface area (Å²) in [5.41, 5.74) is 6.70. The van der Waals surface area contributed by atoms with E-state index in [2.05, 4.69) is 15.4 Å². The van der Waals surface area contributed by atoms with Crippen molar-refractivity contribution < 1.29 is 52.4 Å². The van der Waals surface area contributed by atoms with Crippen LogP contribution in [0.1, 0.15) is 12.5 Å². The highest BCUT2D eigenvalue weighted by Crippen LogP contribution is 2.13. The molecule has 0 aliphatic carbocycles. The molecule has 0 aliphatic heterocycles. The van der Waals surface area contributed by atoms with Gasteiger partial charge in [0.1, 0.15) is 6.04 Å². The average Bonchev–Trinajstić information content (AvgIpc) is 2.75. The molecular weight excluding hydrogens is 455 g/mol. The van der Waals surface area contributed by atoms with E-state index < -0.39 is 60.8 Å². The Morgan fingerprint density at radius 1 is 1.09 bits per heavy atom. The number of hydrogen-bond donors (Lipinski definition) is 6. The van der Waals surface area contributed by atoms with Crippen LogP contribution in [0.15, 0.2) is 30.3 Å². The summed E-state index contributed by atoms with van der Waals surface area (Å²) in [6.45, 7) is 0.617. The summed E-state index contributed by atoms with van der Waals surface area (Å²) < 4.78 is 36.2. The highest BCUT2D eigenvalue weighted by Gasteiger charge is 2.38. The Balaban J connectivity index is 0.00000126. The number of ether oxygens (including phenoxy) is 1. The fourth-order valence-electron chi connectivity index (χ4n) is 2.21. The van der Waals surface area contributed by atoms with Gasteiger partial charge in [0.15, 0.2) is 6.04 Å². The van der Waals surface area contributed by atoms with Gasteiger partial charge in [0, 0.05) is 0 Å². The number of aliphatic carboxylic acids is 1. The van der Waals surface area contributed by atoms with Crippen LogP contribution >= 0.6 is 0 Å². The molecule has 186 valence electrons. The van der Waals surface area contributed by atoms with Crippen molar-refractivity contribution in [2.45, 2.75) is 43.8 Å². The van der Waals surface area contributed by atoms with Crippen molar-refractivity contribution in [1.82, 2.24) is 10.6 Å². The molecule has 0 heterocycles. The summed E-state index contributed by atoms with van der Waals surface area (Å²) in [5.74, 6) is -5.08. The quantitative estimate of drug-likeness (QED) is 0.233. The van der Waals surface area contributed by atoms with Crippen LogP contribution in [-0.4, -0.2) is 83.2 Å². The number of aliphatic hydroxyl groups is 2. The van der Waals surface area contributed by atoms with Gasteiger partial charge in [0.25, 0.3) is 0 Å². The number of esters is 1. The molecule has 1 aromatic rings. The van der Waals surface area contributed by atoms with Crippen molar-refractivity contribution in [2.24, 2.45) is 5.73 Å². The molecule has 14 heteroatoms. The number of carbonyl (C=O) groups is 4. The van der Waals surface area contributed by atoms with Crippen LogP contribution in [0.5, 0.6) is 0 Å². The van der Waals surface area contributed by atoms with Crippen molar-refractivity contribution in [3.05, 3.63) is 35.9 Å². The lowest BCUT2D eigenvalue weighted by molar-refractivity contribution is -0.192. The molecule has 1 aromatic carbocycles. The Morgan fingerprint density at radius 3 is 2.00 bits per heavy atom. The maximum atomic E-state index is 12.2. The zero-order valence-corrected chi connectivity index (χ0v) is 17.7. The third kappa shape index (κ3) is 11.3. The van der Waals surface area contributed by atoms with E-state index in [0.717, 1.165) is 12.7 Å². The van der Waals surface area contributed by atoms with Gasteiger partial charge in [-0.2, -0.15) is 13.2 Å². The van der Waals surface area contributed by atoms with Crippen LogP contribution in [0, 0.1) is 0 Å². The Hall–Kier alpha value is -3.23. The van der Waals surface area contributed by atoms with Gasteiger partial charge in [-0.25, -0.2) is 9.59 Å². The van der Waals surface area contributed by atoms with Gasteiger partial charge in [0.05, 0.1) is 25.9 Å². The van der Waals surface area contributed by atoms with Gasteiger partial charge in [0.2, 0.25) is 11.8 Å². The number of alkyl halides is 3. The monoisotopic (exact) mass is 481 g/mol.